The number of amides is 3. The SMILES string of the molecule is O=C1CCC(N2Cc3c(ccc4c3NCC43CCN(Cc4ccccc4)CC3)C2=O)C(=O)N1. The smallest absolute Gasteiger partial charge is 0.255 e. The van der Waals surface area contributed by atoms with Crippen molar-refractivity contribution in [2.24, 2.45) is 0 Å². The molecule has 0 aromatic heterocycles. The molecule has 2 N–H and O–H groups in total. The van der Waals surface area contributed by atoms with Crippen LogP contribution >= 0.6 is 0 Å². The Morgan fingerprint density at radius 1 is 1.00 bits per heavy atom. The van der Waals surface area contributed by atoms with Crippen molar-refractivity contribution in [1.82, 2.24) is 15.1 Å². The number of carbonyl (C=O) groups is 3. The van der Waals surface area contributed by atoms with E-state index >= 15 is 0 Å². The maximum Gasteiger partial charge on any atom is 0.255 e. The van der Waals surface area contributed by atoms with E-state index < -0.39 is 6.04 Å². The van der Waals surface area contributed by atoms with Gasteiger partial charge in [-0.05, 0) is 49.5 Å². The molecule has 1 unspecified atom stereocenters. The number of likely N-dealkylation sites (tertiary alicyclic amines) is 1. The summed E-state index contributed by atoms with van der Waals surface area (Å²) in [4.78, 5) is 41.2. The number of anilines is 1. The maximum atomic E-state index is 13.1. The number of rotatable bonds is 3. The van der Waals surface area contributed by atoms with Crippen molar-refractivity contribution >= 4 is 23.4 Å². The molecule has 4 aliphatic rings. The number of hydrogen-bond acceptors (Lipinski definition) is 5. The van der Waals surface area contributed by atoms with Gasteiger partial charge in [-0.2, -0.15) is 0 Å². The number of nitrogens with zero attached hydrogens (tertiary/aromatic N) is 2. The molecule has 3 amide bonds. The molecular formula is C26H28N4O3. The molecule has 2 aromatic carbocycles. The minimum Gasteiger partial charge on any atom is -0.384 e. The predicted molar refractivity (Wildman–Crippen MR) is 124 cm³/mol. The highest BCUT2D eigenvalue weighted by Crippen LogP contribution is 2.48. The van der Waals surface area contributed by atoms with Crippen molar-refractivity contribution in [2.45, 2.75) is 50.2 Å². The number of imide groups is 1. The Labute approximate surface area is 193 Å². The molecule has 4 heterocycles. The van der Waals surface area contributed by atoms with Gasteiger partial charge in [0.05, 0.1) is 0 Å². The normalized spacial score (nSPS) is 23.9. The zero-order valence-electron chi connectivity index (χ0n) is 18.6. The van der Waals surface area contributed by atoms with E-state index in [-0.39, 0.29) is 29.6 Å². The third kappa shape index (κ3) is 3.33. The van der Waals surface area contributed by atoms with Crippen LogP contribution in [-0.2, 0) is 28.1 Å². The van der Waals surface area contributed by atoms with Gasteiger partial charge in [0.2, 0.25) is 11.8 Å². The Kier molecular flexibility index (Phi) is 4.76. The Morgan fingerprint density at radius 2 is 1.79 bits per heavy atom. The molecule has 0 aliphatic carbocycles. The van der Waals surface area contributed by atoms with E-state index in [9.17, 15) is 14.4 Å². The molecule has 0 radical (unpaired) electrons. The largest absolute Gasteiger partial charge is 0.384 e. The van der Waals surface area contributed by atoms with Crippen LogP contribution in [0.3, 0.4) is 0 Å². The quantitative estimate of drug-likeness (QED) is 0.711. The summed E-state index contributed by atoms with van der Waals surface area (Å²) < 4.78 is 0. The fourth-order valence-electron chi connectivity index (χ4n) is 6.06. The van der Waals surface area contributed by atoms with E-state index in [4.69, 9.17) is 0 Å². The maximum absolute atomic E-state index is 13.1. The molecule has 2 saturated heterocycles. The first kappa shape index (κ1) is 20.4. The second-order valence-corrected chi connectivity index (χ2v) is 9.81. The van der Waals surface area contributed by atoms with E-state index in [1.54, 1.807) is 4.90 Å². The monoisotopic (exact) mass is 444 g/mol. The summed E-state index contributed by atoms with van der Waals surface area (Å²) in [6, 6.07) is 14.1. The summed E-state index contributed by atoms with van der Waals surface area (Å²) in [6.07, 6.45) is 2.84. The van der Waals surface area contributed by atoms with E-state index in [1.165, 1.54) is 11.1 Å². The van der Waals surface area contributed by atoms with Crippen molar-refractivity contribution in [3.8, 4) is 0 Å². The first-order valence-electron chi connectivity index (χ1n) is 11.9. The van der Waals surface area contributed by atoms with E-state index in [0.29, 0.717) is 18.5 Å². The third-order valence-electron chi connectivity index (χ3n) is 7.96. The lowest BCUT2D eigenvalue weighted by molar-refractivity contribution is -0.136. The van der Waals surface area contributed by atoms with Crippen LogP contribution in [0.15, 0.2) is 42.5 Å². The lowest BCUT2D eigenvalue weighted by Gasteiger charge is -2.39. The van der Waals surface area contributed by atoms with Gasteiger partial charge < -0.3 is 10.2 Å². The summed E-state index contributed by atoms with van der Waals surface area (Å²) in [6.45, 7) is 4.40. The van der Waals surface area contributed by atoms with Crippen LogP contribution in [0.4, 0.5) is 5.69 Å². The Morgan fingerprint density at radius 3 is 2.55 bits per heavy atom. The Bertz CT molecular complexity index is 1140. The summed E-state index contributed by atoms with van der Waals surface area (Å²) >= 11 is 0. The molecule has 170 valence electrons. The van der Waals surface area contributed by atoms with Crippen LogP contribution in [0, 0.1) is 0 Å². The molecule has 33 heavy (non-hydrogen) atoms. The minimum absolute atomic E-state index is 0.0999. The van der Waals surface area contributed by atoms with E-state index in [0.717, 1.165) is 50.3 Å². The number of nitrogens with one attached hydrogen (secondary N) is 2. The van der Waals surface area contributed by atoms with Gasteiger partial charge in [-0.3, -0.25) is 24.6 Å². The fraction of sp³-hybridized carbons (Fsp3) is 0.423. The molecule has 7 heteroatoms. The van der Waals surface area contributed by atoms with Gasteiger partial charge in [0, 0.05) is 48.3 Å². The van der Waals surface area contributed by atoms with Crippen LogP contribution in [-0.4, -0.2) is 53.2 Å². The van der Waals surface area contributed by atoms with Crippen LogP contribution in [0.25, 0.3) is 0 Å². The molecule has 7 nitrogen and oxygen atoms in total. The second-order valence-electron chi connectivity index (χ2n) is 9.81. The van der Waals surface area contributed by atoms with Gasteiger partial charge in [0.25, 0.3) is 5.91 Å². The van der Waals surface area contributed by atoms with Crippen molar-refractivity contribution in [1.29, 1.82) is 0 Å². The first-order chi connectivity index (χ1) is 16.0. The highest BCUT2D eigenvalue weighted by Gasteiger charge is 2.46. The van der Waals surface area contributed by atoms with Gasteiger partial charge >= 0.3 is 0 Å². The van der Waals surface area contributed by atoms with E-state index in [1.807, 2.05) is 6.07 Å². The molecule has 1 spiro atoms. The topological polar surface area (TPSA) is 81.8 Å². The number of benzene rings is 2. The van der Waals surface area contributed by atoms with Gasteiger partial charge in [-0.1, -0.05) is 36.4 Å². The summed E-state index contributed by atoms with van der Waals surface area (Å²) in [7, 11) is 0. The molecule has 4 aliphatic heterocycles. The Hall–Kier alpha value is -3.19. The first-order valence-corrected chi connectivity index (χ1v) is 11.9. The Balaban J connectivity index is 1.21. The summed E-state index contributed by atoms with van der Waals surface area (Å²) in [5, 5.41) is 6.02. The molecule has 1 atom stereocenters. The van der Waals surface area contributed by atoms with Crippen LogP contribution in [0.2, 0.25) is 0 Å². The number of fused-ring (bicyclic) bond motifs is 4. The van der Waals surface area contributed by atoms with E-state index in [2.05, 4.69) is 51.9 Å². The van der Waals surface area contributed by atoms with Crippen LogP contribution in [0.5, 0.6) is 0 Å². The number of carbonyl (C=O) groups excluding carboxylic acids is 3. The van der Waals surface area contributed by atoms with Crippen LogP contribution in [0.1, 0.15) is 52.7 Å². The summed E-state index contributed by atoms with van der Waals surface area (Å²) in [5.74, 6) is -0.731. The zero-order chi connectivity index (χ0) is 22.6. The lowest BCUT2D eigenvalue weighted by Crippen LogP contribution is -2.52. The zero-order valence-corrected chi connectivity index (χ0v) is 18.6. The highest BCUT2D eigenvalue weighted by atomic mass is 16.2. The second kappa shape index (κ2) is 7.70. The van der Waals surface area contributed by atoms with Gasteiger partial charge in [0.15, 0.2) is 0 Å². The fourth-order valence-corrected chi connectivity index (χ4v) is 6.06. The average molecular weight is 445 g/mol. The summed E-state index contributed by atoms with van der Waals surface area (Å²) in [5.41, 5.74) is 5.55. The average Bonchev–Trinajstić information content (AvgIpc) is 3.35. The van der Waals surface area contributed by atoms with Gasteiger partial charge in [-0.15, -0.1) is 0 Å². The van der Waals surface area contributed by atoms with Gasteiger partial charge in [0.1, 0.15) is 6.04 Å². The molecule has 0 saturated carbocycles. The molecule has 6 rings (SSSR count). The number of piperidine rings is 2. The standard InChI is InChI=1S/C26H28N4O3/c31-22-9-8-21(24(32)28-22)30-15-19-18(25(30)33)6-7-20-23(19)27-16-26(20)10-12-29(13-11-26)14-17-4-2-1-3-5-17/h1-7,21,27H,8-16H2,(H,28,31,32). The van der Waals surface area contributed by atoms with Crippen molar-refractivity contribution in [3.63, 3.8) is 0 Å². The number of hydrogen-bond donors (Lipinski definition) is 2. The molecule has 0 bridgehead atoms. The molecular weight excluding hydrogens is 416 g/mol. The molecule has 2 aromatic rings. The minimum atomic E-state index is -0.574. The highest BCUT2D eigenvalue weighted by molar-refractivity contribution is 6.06. The predicted octanol–water partition coefficient (Wildman–Crippen LogP) is 2.41. The van der Waals surface area contributed by atoms with Crippen LogP contribution < -0.4 is 10.6 Å². The lowest BCUT2D eigenvalue weighted by atomic mass is 9.73. The van der Waals surface area contributed by atoms with Crippen molar-refractivity contribution in [2.75, 3.05) is 25.0 Å². The van der Waals surface area contributed by atoms with Crippen molar-refractivity contribution in [3.05, 3.63) is 64.7 Å². The van der Waals surface area contributed by atoms with Gasteiger partial charge in [-0.25, -0.2) is 0 Å². The third-order valence-corrected chi connectivity index (χ3v) is 7.96. The van der Waals surface area contributed by atoms with Crippen molar-refractivity contribution < 1.29 is 14.4 Å². The molecule has 2 fully saturated rings.